The van der Waals surface area contributed by atoms with E-state index in [9.17, 15) is 0 Å². The van der Waals surface area contributed by atoms with Crippen LogP contribution < -0.4 is 0 Å². The Morgan fingerprint density at radius 3 is 1.92 bits per heavy atom. The minimum atomic E-state index is -0.104. The third-order valence-corrected chi connectivity index (χ3v) is 5.99. The maximum atomic E-state index is 4.26. The van der Waals surface area contributed by atoms with Crippen molar-refractivity contribution in [3.8, 4) is 0 Å². The molecule has 0 aromatic heterocycles. The molecule has 3 aliphatic rings. The summed E-state index contributed by atoms with van der Waals surface area (Å²) < 4.78 is 0. The summed E-state index contributed by atoms with van der Waals surface area (Å²) >= 11 is 0. The highest BCUT2D eigenvalue weighted by atomic mass is 14.5. The van der Waals surface area contributed by atoms with Gasteiger partial charge < -0.3 is 0 Å². The second-order valence-electron chi connectivity index (χ2n) is 7.28. The van der Waals surface area contributed by atoms with E-state index in [1.165, 1.54) is 38.9 Å². The third kappa shape index (κ3) is 1.45. The van der Waals surface area contributed by atoms with Crippen molar-refractivity contribution in [1.82, 2.24) is 0 Å². The van der Waals surface area contributed by atoms with Gasteiger partial charge in [0.1, 0.15) is 0 Å². The predicted octanol–water partition coefficient (Wildman–Crippen LogP) is 5.88. The highest BCUT2D eigenvalue weighted by Crippen LogP contribution is 2.59. The molecule has 3 aromatic rings. The molecule has 0 unspecified atom stereocenters. The van der Waals surface area contributed by atoms with Gasteiger partial charge in [-0.15, -0.1) is 0 Å². The first-order valence-electron chi connectivity index (χ1n) is 8.62. The van der Waals surface area contributed by atoms with E-state index >= 15 is 0 Å². The standard InChI is InChI=1S/C24H20/c1-15(2)16-11-8-12-19-22-17-9-4-6-13-20(17)24(3,23(16)19)21-14-7-5-10-18(21)22/h4-14,22H,1H2,2-3H3. The second kappa shape index (κ2) is 4.48. The number of rotatable bonds is 1. The molecular weight excluding hydrogens is 288 g/mol. The monoisotopic (exact) mass is 308 g/mol. The maximum Gasteiger partial charge on any atom is 0.0438 e. The van der Waals surface area contributed by atoms with E-state index in [0.717, 1.165) is 5.57 Å². The van der Waals surface area contributed by atoms with E-state index < -0.39 is 0 Å². The van der Waals surface area contributed by atoms with Crippen LogP contribution in [-0.2, 0) is 5.41 Å². The smallest absolute Gasteiger partial charge is 0.0438 e. The molecule has 0 saturated carbocycles. The lowest BCUT2D eigenvalue weighted by molar-refractivity contribution is 0.592. The van der Waals surface area contributed by atoms with E-state index in [-0.39, 0.29) is 5.41 Å². The Balaban J connectivity index is 1.99. The maximum absolute atomic E-state index is 4.26. The van der Waals surface area contributed by atoms with Gasteiger partial charge in [-0.1, -0.05) is 78.9 Å². The zero-order valence-electron chi connectivity index (χ0n) is 14.1. The molecule has 0 heterocycles. The van der Waals surface area contributed by atoms with Gasteiger partial charge in [0.2, 0.25) is 0 Å². The Labute approximate surface area is 143 Å². The van der Waals surface area contributed by atoms with Gasteiger partial charge in [-0.25, -0.2) is 0 Å². The summed E-state index contributed by atoms with van der Waals surface area (Å²) in [6.07, 6.45) is 0. The number of hydrogen-bond donors (Lipinski definition) is 0. The molecule has 6 rings (SSSR count). The van der Waals surface area contributed by atoms with E-state index in [1.807, 2.05) is 0 Å². The molecule has 3 aromatic carbocycles. The Morgan fingerprint density at radius 2 is 1.33 bits per heavy atom. The molecule has 0 saturated heterocycles. The van der Waals surface area contributed by atoms with Crippen molar-refractivity contribution in [2.24, 2.45) is 0 Å². The third-order valence-electron chi connectivity index (χ3n) is 5.99. The van der Waals surface area contributed by atoms with E-state index in [0.29, 0.717) is 5.92 Å². The predicted molar refractivity (Wildman–Crippen MR) is 101 cm³/mol. The fourth-order valence-corrected chi connectivity index (χ4v) is 5.05. The largest absolute Gasteiger partial charge is 0.0955 e. The second-order valence-corrected chi connectivity index (χ2v) is 7.28. The molecule has 0 amide bonds. The zero-order chi connectivity index (χ0) is 16.5. The van der Waals surface area contributed by atoms with Crippen molar-refractivity contribution in [1.29, 1.82) is 0 Å². The van der Waals surface area contributed by atoms with Crippen molar-refractivity contribution >= 4 is 5.57 Å². The Bertz CT molecular complexity index is 959. The topological polar surface area (TPSA) is 0 Å². The summed E-state index contributed by atoms with van der Waals surface area (Å²) in [7, 11) is 0. The molecule has 116 valence electrons. The lowest BCUT2D eigenvalue weighted by Crippen LogP contribution is -2.40. The lowest BCUT2D eigenvalue weighted by atomic mass is 9.53. The quantitative estimate of drug-likeness (QED) is 0.526. The highest BCUT2D eigenvalue weighted by Gasteiger charge is 2.49. The first-order chi connectivity index (χ1) is 11.6. The van der Waals surface area contributed by atoms with Gasteiger partial charge in [-0.05, 0) is 52.8 Å². The van der Waals surface area contributed by atoms with Gasteiger partial charge in [-0.3, -0.25) is 0 Å². The molecule has 0 spiro atoms. The van der Waals surface area contributed by atoms with Gasteiger partial charge in [0, 0.05) is 11.3 Å². The number of hydrogen-bond acceptors (Lipinski definition) is 0. The van der Waals surface area contributed by atoms with Crippen molar-refractivity contribution in [2.75, 3.05) is 0 Å². The van der Waals surface area contributed by atoms with Gasteiger partial charge in [0.25, 0.3) is 0 Å². The van der Waals surface area contributed by atoms with Gasteiger partial charge >= 0.3 is 0 Å². The van der Waals surface area contributed by atoms with Crippen LogP contribution in [0.25, 0.3) is 5.57 Å². The van der Waals surface area contributed by atoms with Crippen LogP contribution in [-0.4, -0.2) is 0 Å². The van der Waals surface area contributed by atoms with Crippen molar-refractivity contribution < 1.29 is 0 Å². The summed E-state index contributed by atoms with van der Waals surface area (Å²) in [5.74, 6) is 0.341. The SMILES string of the molecule is C=C(C)c1cccc2c1C1(C)c3ccccc3C2c2ccccc21. The highest BCUT2D eigenvalue weighted by molar-refractivity contribution is 5.78. The van der Waals surface area contributed by atoms with Crippen LogP contribution in [0.4, 0.5) is 0 Å². The van der Waals surface area contributed by atoms with Crippen LogP contribution in [0.1, 0.15) is 58.7 Å². The summed E-state index contributed by atoms with van der Waals surface area (Å²) in [6.45, 7) is 8.78. The molecule has 0 nitrogen and oxygen atoms in total. The van der Waals surface area contributed by atoms with Crippen molar-refractivity contribution in [2.45, 2.75) is 25.2 Å². The molecule has 0 atom stereocenters. The molecule has 0 fully saturated rings. The summed E-state index contributed by atoms with van der Waals surface area (Å²) in [6, 6.07) is 24.7. The minimum absolute atomic E-state index is 0.104. The Morgan fingerprint density at radius 1 is 0.792 bits per heavy atom. The van der Waals surface area contributed by atoms with Gasteiger partial charge in [-0.2, -0.15) is 0 Å². The first-order valence-corrected chi connectivity index (χ1v) is 8.62. The average molecular weight is 308 g/mol. The lowest BCUT2D eigenvalue weighted by Gasteiger charge is -2.50. The normalized spacial score (nSPS) is 22.5. The van der Waals surface area contributed by atoms with Crippen molar-refractivity contribution in [3.05, 3.63) is 112 Å². The molecule has 0 radical (unpaired) electrons. The summed E-state index contributed by atoms with van der Waals surface area (Å²) in [5, 5.41) is 0. The number of benzene rings is 3. The fourth-order valence-electron chi connectivity index (χ4n) is 5.05. The molecule has 3 aliphatic carbocycles. The molecule has 0 aliphatic heterocycles. The zero-order valence-corrected chi connectivity index (χ0v) is 14.1. The number of allylic oxidation sites excluding steroid dienone is 1. The van der Waals surface area contributed by atoms with Crippen molar-refractivity contribution in [3.63, 3.8) is 0 Å². The molecule has 24 heavy (non-hydrogen) atoms. The Kier molecular flexibility index (Phi) is 2.58. The van der Waals surface area contributed by atoms with Crippen LogP contribution in [0, 0.1) is 0 Å². The van der Waals surface area contributed by atoms with E-state index in [4.69, 9.17) is 0 Å². The first kappa shape index (κ1) is 13.8. The molecule has 2 bridgehead atoms. The van der Waals surface area contributed by atoms with Crippen LogP contribution in [0.5, 0.6) is 0 Å². The summed E-state index contributed by atoms with van der Waals surface area (Å²) in [5.41, 5.74) is 11.1. The van der Waals surface area contributed by atoms with Crippen LogP contribution >= 0.6 is 0 Å². The van der Waals surface area contributed by atoms with Gasteiger partial charge in [0.05, 0.1) is 0 Å². The molecule has 0 heteroatoms. The van der Waals surface area contributed by atoms with E-state index in [1.54, 1.807) is 0 Å². The van der Waals surface area contributed by atoms with Crippen LogP contribution in [0.3, 0.4) is 0 Å². The minimum Gasteiger partial charge on any atom is -0.0955 e. The average Bonchev–Trinajstić information content (AvgIpc) is 2.62. The van der Waals surface area contributed by atoms with Gasteiger partial charge in [0.15, 0.2) is 0 Å². The molecule has 0 N–H and O–H groups in total. The van der Waals surface area contributed by atoms with E-state index in [2.05, 4.69) is 87.2 Å². The Hall–Kier alpha value is -2.60. The molecular formula is C24H20. The fraction of sp³-hybridized carbons (Fsp3) is 0.167. The van der Waals surface area contributed by atoms with Crippen LogP contribution in [0.2, 0.25) is 0 Å². The van der Waals surface area contributed by atoms with Crippen LogP contribution in [0.15, 0.2) is 73.3 Å². The summed E-state index contributed by atoms with van der Waals surface area (Å²) in [4.78, 5) is 0.